The molecule has 0 atom stereocenters. The van der Waals surface area contributed by atoms with Gasteiger partial charge in [-0.05, 0) is 62.8 Å². The summed E-state index contributed by atoms with van der Waals surface area (Å²) >= 11 is 0. The molecule has 0 unspecified atom stereocenters. The lowest BCUT2D eigenvalue weighted by molar-refractivity contribution is -0.386. The highest BCUT2D eigenvalue weighted by molar-refractivity contribution is 5.94. The molecule has 2 fully saturated rings. The van der Waals surface area contributed by atoms with Crippen molar-refractivity contribution in [1.29, 1.82) is 0 Å². The zero-order valence-electron chi connectivity index (χ0n) is 17.4. The summed E-state index contributed by atoms with van der Waals surface area (Å²) < 4.78 is 1.64. The van der Waals surface area contributed by atoms with Gasteiger partial charge < -0.3 is 10.2 Å². The van der Waals surface area contributed by atoms with Crippen LogP contribution in [0.15, 0.2) is 24.3 Å². The standard InChI is InChI=1S/C21H27N5O3.ClH/c1-15-19(26(28)29)16(2)25(23-15)13-17-3-5-18(6-4-17)20(27)24-11-8-21(9-12-24)7-10-22-14-21;/h3-6,22H,7-14H2,1-2H3;1H. The Kier molecular flexibility index (Phi) is 6.47. The first-order chi connectivity index (χ1) is 13.9. The molecular formula is C21H28ClN5O3. The summed E-state index contributed by atoms with van der Waals surface area (Å²) in [6, 6.07) is 7.50. The summed E-state index contributed by atoms with van der Waals surface area (Å²) in [5.74, 6) is 0.0825. The van der Waals surface area contributed by atoms with Crippen molar-refractivity contribution in [2.45, 2.75) is 39.7 Å². The molecule has 0 saturated carbocycles. The number of amides is 1. The predicted molar refractivity (Wildman–Crippen MR) is 116 cm³/mol. The second kappa shape index (κ2) is 8.73. The third-order valence-electron chi connectivity index (χ3n) is 6.50. The zero-order chi connectivity index (χ0) is 20.6. The summed E-state index contributed by atoms with van der Waals surface area (Å²) in [6.45, 7) is 7.60. The maximum Gasteiger partial charge on any atom is 0.312 e. The second-order valence-electron chi connectivity index (χ2n) is 8.35. The number of benzene rings is 1. The smallest absolute Gasteiger partial charge is 0.312 e. The summed E-state index contributed by atoms with van der Waals surface area (Å²) in [4.78, 5) is 25.6. The molecule has 8 nitrogen and oxygen atoms in total. The number of aryl methyl sites for hydroxylation is 1. The van der Waals surface area contributed by atoms with Gasteiger partial charge in [-0.2, -0.15) is 5.10 Å². The Morgan fingerprint density at radius 2 is 1.87 bits per heavy atom. The Bertz CT molecular complexity index is 925. The van der Waals surface area contributed by atoms with Crippen molar-refractivity contribution in [1.82, 2.24) is 20.0 Å². The Morgan fingerprint density at radius 1 is 1.20 bits per heavy atom. The monoisotopic (exact) mass is 433 g/mol. The van der Waals surface area contributed by atoms with E-state index in [1.807, 2.05) is 29.2 Å². The largest absolute Gasteiger partial charge is 0.339 e. The molecule has 162 valence electrons. The average molecular weight is 434 g/mol. The van der Waals surface area contributed by atoms with E-state index >= 15 is 0 Å². The van der Waals surface area contributed by atoms with Gasteiger partial charge in [0.25, 0.3) is 5.91 Å². The Labute approximate surface area is 182 Å². The molecule has 0 radical (unpaired) electrons. The Hall–Kier alpha value is -2.45. The van der Waals surface area contributed by atoms with Crippen molar-refractivity contribution in [3.8, 4) is 0 Å². The van der Waals surface area contributed by atoms with Gasteiger partial charge in [0.2, 0.25) is 0 Å². The number of hydrogen-bond donors (Lipinski definition) is 1. The van der Waals surface area contributed by atoms with Crippen molar-refractivity contribution >= 4 is 24.0 Å². The first kappa shape index (κ1) is 22.2. The van der Waals surface area contributed by atoms with Crippen LogP contribution < -0.4 is 5.32 Å². The van der Waals surface area contributed by atoms with Gasteiger partial charge in [0.05, 0.1) is 11.5 Å². The maximum absolute atomic E-state index is 12.9. The normalized spacial score (nSPS) is 17.7. The van der Waals surface area contributed by atoms with Crippen molar-refractivity contribution in [2.24, 2.45) is 5.41 Å². The topological polar surface area (TPSA) is 93.3 Å². The van der Waals surface area contributed by atoms with Gasteiger partial charge >= 0.3 is 5.69 Å². The fourth-order valence-corrected chi connectivity index (χ4v) is 4.62. The van der Waals surface area contributed by atoms with Crippen LogP contribution in [0.5, 0.6) is 0 Å². The van der Waals surface area contributed by atoms with Crippen LogP contribution in [0.2, 0.25) is 0 Å². The number of hydrogen-bond acceptors (Lipinski definition) is 5. The molecule has 2 saturated heterocycles. The SMILES string of the molecule is Cc1nn(Cc2ccc(C(=O)N3CCC4(CCNC4)CC3)cc2)c(C)c1[N+](=O)[O-].Cl. The van der Waals surface area contributed by atoms with Gasteiger partial charge in [-0.25, -0.2) is 0 Å². The minimum atomic E-state index is -0.389. The van der Waals surface area contributed by atoms with E-state index in [0.717, 1.165) is 44.6 Å². The fraction of sp³-hybridized carbons (Fsp3) is 0.524. The molecule has 9 heteroatoms. The highest BCUT2D eigenvalue weighted by atomic mass is 35.5. The van der Waals surface area contributed by atoms with E-state index in [-0.39, 0.29) is 28.9 Å². The first-order valence-electron chi connectivity index (χ1n) is 10.2. The molecule has 1 spiro atoms. The van der Waals surface area contributed by atoms with Crippen LogP contribution in [-0.4, -0.2) is 51.7 Å². The third kappa shape index (κ3) is 4.20. The average Bonchev–Trinajstić information content (AvgIpc) is 3.26. The lowest BCUT2D eigenvalue weighted by Crippen LogP contribution is -2.44. The fourth-order valence-electron chi connectivity index (χ4n) is 4.62. The highest BCUT2D eigenvalue weighted by Gasteiger charge is 2.38. The van der Waals surface area contributed by atoms with Crippen LogP contribution in [0.25, 0.3) is 0 Å². The molecule has 2 aromatic rings. The molecule has 2 aliphatic heterocycles. The van der Waals surface area contributed by atoms with E-state index in [1.165, 1.54) is 6.42 Å². The van der Waals surface area contributed by atoms with Crippen LogP contribution in [-0.2, 0) is 6.54 Å². The van der Waals surface area contributed by atoms with E-state index in [2.05, 4.69) is 10.4 Å². The first-order valence-corrected chi connectivity index (χ1v) is 10.2. The molecule has 1 amide bonds. The summed E-state index contributed by atoms with van der Waals surface area (Å²) in [7, 11) is 0. The molecule has 30 heavy (non-hydrogen) atoms. The van der Waals surface area contributed by atoms with Crippen molar-refractivity contribution in [3.63, 3.8) is 0 Å². The van der Waals surface area contributed by atoms with Crippen molar-refractivity contribution in [2.75, 3.05) is 26.2 Å². The van der Waals surface area contributed by atoms with Crippen LogP contribution in [0.1, 0.15) is 46.6 Å². The van der Waals surface area contributed by atoms with Gasteiger partial charge in [0, 0.05) is 25.2 Å². The molecular weight excluding hydrogens is 406 g/mol. The number of carbonyl (C=O) groups is 1. The number of piperidine rings is 1. The number of nitrogens with zero attached hydrogens (tertiary/aromatic N) is 4. The number of halogens is 1. The molecule has 0 aliphatic carbocycles. The van der Waals surface area contributed by atoms with Gasteiger partial charge in [-0.3, -0.25) is 19.6 Å². The summed E-state index contributed by atoms with van der Waals surface area (Å²) in [5.41, 5.74) is 3.06. The van der Waals surface area contributed by atoms with Gasteiger partial charge in [-0.1, -0.05) is 12.1 Å². The lowest BCUT2D eigenvalue weighted by atomic mass is 9.78. The quantitative estimate of drug-likeness (QED) is 0.590. The summed E-state index contributed by atoms with van der Waals surface area (Å²) in [5, 5.41) is 18.9. The van der Waals surface area contributed by atoms with E-state index in [4.69, 9.17) is 0 Å². The lowest BCUT2D eigenvalue weighted by Gasteiger charge is -2.38. The molecule has 3 heterocycles. The number of carbonyl (C=O) groups excluding carboxylic acids is 1. The third-order valence-corrected chi connectivity index (χ3v) is 6.50. The second-order valence-corrected chi connectivity index (χ2v) is 8.35. The number of nitro groups is 1. The van der Waals surface area contributed by atoms with Crippen LogP contribution in [0, 0.1) is 29.4 Å². The maximum atomic E-state index is 12.9. The summed E-state index contributed by atoms with van der Waals surface area (Å²) in [6.07, 6.45) is 3.36. The van der Waals surface area contributed by atoms with Gasteiger partial charge in [0.15, 0.2) is 0 Å². The van der Waals surface area contributed by atoms with Gasteiger partial charge in [0.1, 0.15) is 11.4 Å². The minimum absolute atomic E-state index is 0. The Balaban J connectivity index is 0.00000256. The number of likely N-dealkylation sites (tertiary alicyclic amines) is 1. The molecule has 1 aromatic carbocycles. The van der Waals surface area contributed by atoms with E-state index in [9.17, 15) is 14.9 Å². The van der Waals surface area contributed by atoms with E-state index in [1.54, 1.807) is 18.5 Å². The molecule has 1 aromatic heterocycles. The predicted octanol–water partition coefficient (Wildman–Crippen LogP) is 3.09. The van der Waals surface area contributed by atoms with Crippen molar-refractivity contribution in [3.05, 3.63) is 56.9 Å². The van der Waals surface area contributed by atoms with E-state index in [0.29, 0.717) is 28.9 Å². The molecule has 2 aliphatic rings. The van der Waals surface area contributed by atoms with Crippen LogP contribution in [0.3, 0.4) is 0 Å². The van der Waals surface area contributed by atoms with Crippen LogP contribution >= 0.6 is 12.4 Å². The number of rotatable bonds is 4. The van der Waals surface area contributed by atoms with Crippen molar-refractivity contribution < 1.29 is 9.72 Å². The van der Waals surface area contributed by atoms with Crippen LogP contribution in [0.4, 0.5) is 5.69 Å². The molecule has 1 N–H and O–H groups in total. The number of nitrogens with one attached hydrogen (secondary N) is 1. The molecule has 4 rings (SSSR count). The number of aromatic nitrogens is 2. The highest BCUT2D eigenvalue weighted by Crippen LogP contribution is 2.37. The zero-order valence-corrected chi connectivity index (χ0v) is 18.2. The Morgan fingerprint density at radius 3 is 2.40 bits per heavy atom. The minimum Gasteiger partial charge on any atom is -0.339 e. The molecule has 0 bridgehead atoms. The van der Waals surface area contributed by atoms with Gasteiger partial charge in [-0.15, -0.1) is 12.4 Å². The van der Waals surface area contributed by atoms with E-state index < -0.39 is 0 Å².